The SMILES string of the molecule is COc1ccc2c(c1)[C@]13CCC(CC(F)(F)F)[C@H](C2)[C@]1(O)CCNC(=O)NC(=O)C3. The average Bonchev–Trinajstić information content (AvgIpc) is 2.69. The van der Waals surface area contributed by atoms with Crippen LogP contribution in [0.4, 0.5) is 18.0 Å². The van der Waals surface area contributed by atoms with Gasteiger partial charge in [0.25, 0.3) is 0 Å². The van der Waals surface area contributed by atoms with E-state index < -0.39 is 47.4 Å². The van der Waals surface area contributed by atoms with Crippen molar-refractivity contribution in [1.29, 1.82) is 0 Å². The fraction of sp³-hybridized carbons (Fsp3) is 0.619. The van der Waals surface area contributed by atoms with Crippen LogP contribution in [0, 0.1) is 11.8 Å². The molecule has 3 aliphatic rings. The largest absolute Gasteiger partial charge is 0.497 e. The van der Waals surface area contributed by atoms with Gasteiger partial charge in [-0.25, -0.2) is 4.79 Å². The van der Waals surface area contributed by atoms with E-state index in [9.17, 15) is 27.9 Å². The molecule has 3 amide bonds. The van der Waals surface area contributed by atoms with Crippen molar-refractivity contribution in [3.05, 3.63) is 29.3 Å². The molecule has 1 aromatic carbocycles. The molecule has 0 radical (unpaired) electrons. The van der Waals surface area contributed by atoms with Gasteiger partial charge in [-0.15, -0.1) is 0 Å². The van der Waals surface area contributed by atoms with E-state index in [-0.39, 0.29) is 38.6 Å². The maximum absolute atomic E-state index is 13.3. The second-order valence-corrected chi connectivity index (χ2v) is 8.69. The van der Waals surface area contributed by atoms with E-state index in [1.54, 1.807) is 12.1 Å². The van der Waals surface area contributed by atoms with E-state index in [0.717, 1.165) is 11.1 Å². The van der Waals surface area contributed by atoms with Crippen molar-refractivity contribution >= 4 is 11.9 Å². The minimum absolute atomic E-state index is 0.0614. The molecular weight excluding hydrogens is 401 g/mol. The summed E-state index contributed by atoms with van der Waals surface area (Å²) in [7, 11) is 1.51. The molecule has 30 heavy (non-hydrogen) atoms. The number of ether oxygens (including phenoxy) is 1. The van der Waals surface area contributed by atoms with Gasteiger partial charge in [-0.3, -0.25) is 10.1 Å². The summed E-state index contributed by atoms with van der Waals surface area (Å²) in [6.07, 6.45) is -4.66. The highest BCUT2D eigenvalue weighted by molar-refractivity contribution is 5.95. The van der Waals surface area contributed by atoms with Gasteiger partial charge in [-0.05, 0) is 60.8 Å². The number of imide groups is 1. The number of carbonyl (C=O) groups excluding carboxylic acids is 2. The Morgan fingerprint density at radius 2 is 2.03 bits per heavy atom. The Kier molecular flexibility index (Phi) is 4.99. The van der Waals surface area contributed by atoms with Gasteiger partial charge in [-0.1, -0.05) is 6.07 Å². The molecule has 1 unspecified atom stereocenters. The standard InChI is InChI=1S/C21H25F3N2O4/c1-30-14-3-2-12-8-16-13(10-21(22,23)24)4-5-19(15(12)9-14)11-17(27)26-18(28)25-7-6-20(16,19)29/h2-3,9,13,16,29H,4-8,10-11H2,1H3,(H2,25,26,27,28)/t13?,16-,19+,20+/m0/s1. The molecule has 2 fully saturated rings. The van der Waals surface area contributed by atoms with E-state index in [2.05, 4.69) is 10.6 Å². The summed E-state index contributed by atoms with van der Waals surface area (Å²) in [5.41, 5.74) is -1.09. The molecule has 1 aliphatic heterocycles. The first-order chi connectivity index (χ1) is 14.1. The van der Waals surface area contributed by atoms with Crippen LogP contribution in [0.2, 0.25) is 0 Å². The number of rotatable bonds is 2. The maximum atomic E-state index is 13.3. The minimum atomic E-state index is -4.34. The number of nitrogens with one attached hydrogen (secondary N) is 2. The molecule has 6 nitrogen and oxygen atoms in total. The number of aliphatic hydroxyl groups is 1. The maximum Gasteiger partial charge on any atom is 0.389 e. The van der Waals surface area contributed by atoms with Gasteiger partial charge in [0.2, 0.25) is 5.91 Å². The number of methoxy groups -OCH3 is 1. The van der Waals surface area contributed by atoms with Gasteiger partial charge in [0.1, 0.15) is 5.75 Å². The summed E-state index contributed by atoms with van der Waals surface area (Å²) in [5.74, 6) is -1.43. The van der Waals surface area contributed by atoms with Gasteiger partial charge in [0, 0.05) is 24.8 Å². The van der Waals surface area contributed by atoms with Gasteiger partial charge < -0.3 is 15.2 Å². The molecule has 164 valence electrons. The average molecular weight is 426 g/mol. The Morgan fingerprint density at radius 3 is 2.73 bits per heavy atom. The van der Waals surface area contributed by atoms with Gasteiger partial charge in [-0.2, -0.15) is 13.2 Å². The molecule has 1 heterocycles. The van der Waals surface area contributed by atoms with Crippen LogP contribution in [0.5, 0.6) is 5.75 Å². The molecular formula is C21H25F3N2O4. The molecule has 9 heteroatoms. The number of hydrogen-bond donors (Lipinski definition) is 3. The van der Waals surface area contributed by atoms with Crippen LogP contribution in [-0.4, -0.2) is 42.5 Å². The van der Waals surface area contributed by atoms with Crippen molar-refractivity contribution in [2.75, 3.05) is 13.7 Å². The Hall–Kier alpha value is -2.29. The van der Waals surface area contributed by atoms with Crippen LogP contribution >= 0.6 is 0 Å². The molecule has 2 bridgehead atoms. The molecule has 4 atom stereocenters. The summed E-state index contributed by atoms with van der Waals surface area (Å²) in [6, 6.07) is 4.67. The van der Waals surface area contributed by atoms with Crippen LogP contribution in [0.3, 0.4) is 0 Å². The smallest absolute Gasteiger partial charge is 0.389 e. The lowest BCUT2D eigenvalue weighted by atomic mass is 9.46. The first-order valence-corrected chi connectivity index (χ1v) is 10.1. The summed E-state index contributed by atoms with van der Waals surface area (Å²) >= 11 is 0. The number of alkyl halides is 3. The number of amides is 3. The lowest BCUT2D eigenvalue weighted by Gasteiger charge is -2.61. The van der Waals surface area contributed by atoms with Crippen molar-refractivity contribution in [3.63, 3.8) is 0 Å². The third-order valence-electron chi connectivity index (χ3n) is 7.23. The second kappa shape index (κ2) is 7.14. The monoisotopic (exact) mass is 426 g/mol. The predicted molar refractivity (Wildman–Crippen MR) is 101 cm³/mol. The first-order valence-electron chi connectivity index (χ1n) is 10.1. The van der Waals surface area contributed by atoms with Gasteiger partial charge in [0.15, 0.2) is 0 Å². The third-order valence-corrected chi connectivity index (χ3v) is 7.23. The number of carbonyl (C=O) groups is 2. The van der Waals surface area contributed by atoms with Crippen LogP contribution in [0.1, 0.15) is 43.2 Å². The van der Waals surface area contributed by atoms with E-state index in [0.29, 0.717) is 5.75 Å². The minimum Gasteiger partial charge on any atom is -0.497 e. The van der Waals surface area contributed by atoms with Crippen LogP contribution in [-0.2, 0) is 16.6 Å². The van der Waals surface area contributed by atoms with Crippen molar-refractivity contribution in [1.82, 2.24) is 10.6 Å². The molecule has 1 saturated heterocycles. The topological polar surface area (TPSA) is 87.7 Å². The van der Waals surface area contributed by atoms with E-state index in [1.165, 1.54) is 7.11 Å². The summed E-state index contributed by atoms with van der Waals surface area (Å²) < 4.78 is 45.3. The van der Waals surface area contributed by atoms with E-state index in [4.69, 9.17) is 4.74 Å². The zero-order valence-electron chi connectivity index (χ0n) is 16.6. The van der Waals surface area contributed by atoms with Crippen molar-refractivity contribution in [2.24, 2.45) is 11.8 Å². The fourth-order valence-electron chi connectivity index (χ4n) is 6.00. The zero-order chi connectivity index (χ0) is 21.7. The van der Waals surface area contributed by atoms with Crippen molar-refractivity contribution in [3.8, 4) is 5.75 Å². The van der Waals surface area contributed by atoms with Gasteiger partial charge in [0.05, 0.1) is 12.7 Å². The highest BCUT2D eigenvalue weighted by Gasteiger charge is 2.64. The summed E-state index contributed by atoms with van der Waals surface area (Å²) in [4.78, 5) is 24.6. The lowest BCUT2D eigenvalue weighted by Crippen LogP contribution is -2.65. The molecule has 2 aliphatic carbocycles. The number of halogens is 3. The molecule has 0 spiro atoms. The Balaban J connectivity index is 1.88. The van der Waals surface area contributed by atoms with Crippen LogP contribution in [0.15, 0.2) is 18.2 Å². The zero-order valence-corrected chi connectivity index (χ0v) is 16.6. The summed E-state index contributed by atoms with van der Waals surface area (Å²) in [6.45, 7) is 0.0614. The molecule has 0 aromatic heterocycles. The van der Waals surface area contributed by atoms with Crippen LogP contribution < -0.4 is 15.4 Å². The Morgan fingerprint density at radius 1 is 1.27 bits per heavy atom. The highest BCUT2D eigenvalue weighted by Crippen LogP contribution is 2.61. The Bertz CT molecular complexity index is 874. The van der Waals surface area contributed by atoms with Crippen LogP contribution in [0.25, 0.3) is 0 Å². The van der Waals surface area contributed by atoms with E-state index >= 15 is 0 Å². The molecule has 4 rings (SSSR count). The highest BCUT2D eigenvalue weighted by atomic mass is 19.4. The molecule has 3 N–H and O–H groups in total. The number of fused-ring (bicyclic) bond motifs is 1. The molecule has 1 aromatic rings. The normalized spacial score (nSPS) is 33.8. The fourth-order valence-corrected chi connectivity index (χ4v) is 6.00. The lowest BCUT2D eigenvalue weighted by molar-refractivity contribution is -0.191. The Labute approximate surface area is 172 Å². The number of urea groups is 1. The van der Waals surface area contributed by atoms with Crippen molar-refractivity contribution in [2.45, 2.75) is 55.7 Å². The quantitative estimate of drug-likeness (QED) is 0.679. The first kappa shape index (κ1) is 21.0. The second-order valence-electron chi connectivity index (χ2n) is 8.69. The number of hydrogen-bond acceptors (Lipinski definition) is 4. The predicted octanol–water partition coefficient (Wildman–Crippen LogP) is 2.82. The summed E-state index contributed by atoms with van der Waals surface area (Å²) in [5, 5.41) is 16.8. The third kappa shape index (κ3) is 3.33. The molecule has 1 saturated carbocycles. The van der Waals surface area contributed by atoms with Gasteiger partial charge >= 0.3 is 12.2 Å². The van der Waals surface area contributed by atoms with E-state index in [1.807, 2.05) is 6.07 Å². The van der Waals surface area contributed by atoms with Crippen molar-refractivity contribution < 1.29 is 32.6 Å². The number of benzene rings is 1.